The molecule has 0 unspecified atom stereocenters. The molecule has 25 heavy (non-hydrogen) atoms. The van der Waals surface area contributed by atoms with Crippen molar-refractivity contribution in [3.8, 4) is 5.75 Å². The molecule has 0 amide bonds. The summed E-state index contributed by atoms with van der Waals surface area (Å²) in [5.41, 5.74) is 2.08. The van der Waals surface area contributed by atoms with Crippen LogP contribution in [0.25, 0.3) is 0 Å². The Morgan fingerprint density at radius 2 is 1.68 bits per heavy atom. The number of hydrogen-bond acceptors (Lipinski definition) is 2. The van der Waals surface area contributed by atoms with E-state index < -0.39 is 0 Å². The summed E-state index contributed by atoms with van der Waals surface area (Å²) in [5.74, 6) is 0.822. The van der Waals surface area contributed by atoms with E-state index in [1.165, 1.54) is 32.1 Å². The predicted octanol–water partition coefficient (Wildman–Crippen LogP) is 6.96. The molecule has 0 spiro atoms. The maximum absolute atomic E-state index is 6.01. The molecule has 0 heterocycles. The number of hydrogen-bond donors (Lipinski definition) is 0. The number of rotatable bonds is 10. The molecule has 0 radical (unpaired) electrons. The van der Waals surface area contributed by atoms with Gasteiger partial charge >= 0.3 is 0 Å². The lowest BCUT2D eigenvalue weighted by atomic mass is 10.1. The Hall–Kier alpha value is -1.51. The van der Waals surface area contributed by atoms with Crippen LogP contribution >= 0.6 is 23.2 Å². The molecule has 0 aliphatic carbocycles. The summed E-state index contributed by atoms with van der Waals surface area (Å²) < 4.78 is 5.78. The maximum Gasteiger partial charge on any atom is 0.119 e. The van der Waals surface area contributed by atoms with Crippen LogP contribution in [-0.2, 0) is 6.61 Å². The van der Waals surface area contributed by atoms with Crippen molar-refractivity contribution in [2.24, 2.45) is 4.99 Å². The molecule has 2 aromatic rings. The average molecular weight is 378 g/mol. The minimum Gasteiger partial charge on any atom is -0.489 e. The first-order chi connectivity index (χ1) is 12.2. The molecule has 0 atom stereocenters. The van der Waals surface area contributed by atoms with Gasteiger partial charge in [0.15, 0.2) is 0 Å². The van der Waals surface area contributed by atoms with Gasteiger partial charge in [0.25, 0.3) is 0 Å². The molecule has 2 nitrogen and oxygen atoms in total. The lowest BCUT2D eigenvalue weighted by molar-refractivity contribution is 0.306. The Balaban J connectivity index is 1.74. The summed E-state index contributed by atoms with van der Waals surface area (Å²) in [6.45, 7) is 3.59. The van der Waals surface area contributed by atoms with Gasteiger partial charge in [-0.25, -0.2) is 0 Å². The maximum atomic E-state index is 6.01. The van der Waals surface area contributed by atoms with Gasteiger partial charge < -0.3 is 4.74 Å². The predicted molar refractivity (Wildman–Crippen MR) is 108 cm³/mol. The van der Waals surface area contributed by atoms with E-state index in [-0.39, 0.29) is 0 Å². The van der Waals surface area contributed by atoms with Gasteiger partial charge in [0.1, 0.15) is 12.4 Å². The van der Waals surface area contributed by atoms with Crippen LogP contribution in [0, 0.1) is 0 Å². The third-order valence-electron chi connectivity index (χ3n) is 3.90. The number of halogens is 2. The summed E-state index contributed by atoms with van der Waals surface area (Å²) >= 11 is 11.9. The number of ether oxygens (including phenoxy) is 1. The van der Waals surface area contributed by atoms with Crippen LogP contribution in [0.3, 0.4) is 0 Å². The largest absolute Gasteiger partial charge is 0.489 e. The van der Waals surface area contributed by atoms with Gasteiger partial charge in [-0.15, -0.1) is 0 Å². The molecule has 0 aliphatic heterocycles. The molecule has 2 aromatic carbocycles. The first kappa shape index (κ1) is 19.8. The summed E-state index contributed by atoms with van der Waals surface area (Å²) in [6, 6.07) is 13.5. The zero-order chi connectivity index (χ0) is 17.9. The number of nitrogens with zero attached hydrogens (tertiary/aromatic N) is 1. The van der Waals surface area contributed by atoms with Gasteiger partial charge in [-0.1, -0.05) is 61.9 Å². The molecular formula is C21H25Cl2NO. The van der Waals surface area contributed by atoms with Crippen LogP contribution in [0.2, 0.25) is 10.0 Å². The Morgan fingerprint density at radius 3 is 2.40 bits per heavy atom. The Bertz CT molecular complexity index is 668. The van der Waals surface area contributed by atoms with Crippen LogP contribution in [0.1, 0.15) is 50.2 Å². The van der Waals surface area contributed by atoms with E-state index in [0.29, 0.717) is 16.7 Å². The van der Waals surface area contributed by atoms with Crippen LogP contribution in [0.5, 0.6) is 5.75 Å². The highest BCUT2D eigenvalue weighted by Gasteiger charge is 2.01. The van der Waals surface area contributed by atoms with Gasteiger partial charge in [0.05, 0.1) is 10.0 Å². The van der Waals surface area contributed by atoms with Crippen molar-refractivity contribution in [3.05, 3.63) is 63.6 Å². The van der Waals surface area contributed by atoms with Crippen molar-refractivity contribution < 1.29 is 4.74 Å². The molecule has 0 aromatic heterocycles. The van der Waals surface area contributed by atoms with E-state index >= 15 is 0 Å². The summed E-state index contributed by atoms with van der Waals surface area (Å²) in [7, 11) is 0. The molecule has 0 saturated carbocycles. The third kappa shape index (κ3) is 7.50. The second-order valence-electron chi connectivity index (χ2n) is 6.06. The van der Waals surface area contributed by atoms with E-state index in [4.69, 9.17) is 27.9 Å². The second kappa shape index (κ2) is 11.2. The normalized spacial score (nSPS) is 11.2. The first-order valence-corrected chi connectivity index (χ1v) is 9.61. The van der Waals surface area contributed by atoms with Crippen molar-refractivity contribution >= 4 is 29.4 Å². The molecule has 0 saturated heterocycles. The van der Waals surface area contributed by atoms with Crippen LogP contribution < -0.4 is 4.74 Å². The number of benzene rings is 2. The smallest absolute Gasteiger partial charge is 0.119 e. The third-order valence-corrected chi connectivity index (χ3v) is 4.64. The fraction of sp³-hybridized carbons (Fsp3) is 0.381. The highest BCUT2D eigenvalue weighted by Crippen LogP contribution is 2.23. The van der Waals surface area contributed by atoms with Crippen LogP contribution in [-0.4, -0.2) is 12.8 Å². The fourth-order valence-corrected chi connectivity index (χ4v) is 2.74. The Labute approximate surface area is 160 Å². The van der Waals surface area contributed by atoms with Crippen molar-refractivity contribution in [2.45, 2.75) is 45.6 Å². The highest BCUT2D eigenvalue weighted by atomic mass is 35.5. The van der Waals surface area contributed by atoms with Gasteiger partial charge in [0.2, 0.25) is 0 Å². The van der Waals surface area contributed by atoms with Gasteiger partial charge in [-0.2, -0.15) is 0 Å². The van der Waals surface area contributed by atoms with E-state index in [1.807, 2.05) is 42.6 Å². The zero-order valence-electron chi connectivity index (χ0n) is 14.7. The Morgan fingerprint density at radius 1 is 0.920 bits per heavy atom. The molecule has 0 fully saturated rings. The summed E-state index contributed by atoms with van der Waals surface area (Å²) in [6.07, 6.45) is 8.30. The van der Waals surface area contributed by atoms with Crippen molar-refractivity contribution in [2.75, 3.05) is 6.54 Å². The molecule has 0 bridgehead atoms. The average Bonchev–Trinajstić information content (AvgIpc) is 2.63. The molecule has 2 rings (SSSR count). The van der Waals surface area contributed by atoms with E-state index in [2.05, 4.69) is 11.9 Å². The summed E-state index contributed by atoms with van der Waals surface area (Å²) in [4.78, 5) is 4.49. The standard InChI is InChI=1S/C21H25Cl2NO/c1-2-3-4-5-6-13-24-15-17-7-10-19(11-8-17)25-16-18-9-12-20(22)21(23)14-18/h7-12,14-15H,2-6,13,16H2,1H3. The van der Waals surface area contributed by atoms with Crippen LogP contribution in [0.15, 0.2) is 47.5 Å². The SMILES string of the molecule is CCCCCCCN=Cc1ccc(OCc2ccc(Cl)c(Cl)c2)cc1. The zero-order valence-corrected chi connectivity index (χ0v) is 16.2. The number of unbranched alkanes of at least 4 members (excludes halogenated alkanes) is 4. The van der Waals surface area contributed by atoms with E-state index in [0.717, 1.165) is 23.4 Å². The fourth-order valence-electron chi connectivity index (χ4n) is 2.42. The monoisotopic (exact) mass is 377 g/mol. The van der Waals surface area contributed by atoms with E-state index in [9.17, 15) is 0 Å². The first-order valence-electron chi connectivity index (χ1n) is 8.85. The quantitative estimate of drug-likeness (QED) is 0.323. The number of aliphatic imine (C=N–C) groups is 1. The topological polar surface area (TPSA) is 21.6 Å². The minimum atomic E-state index is 0.460. The highest BCUT2D eigenvalue weighted by molar-refractivity contribution is 6.42. The second-order valence-corrected chi connectivity index (χ2v) is 6.87. The van der Waals surface area contributed by atoms with Gasteiger partial charge in [-0.3, -0.25) is 4.99 Å². The lowest BCUT2D eigenvalue weighted by Crippen LogP contribution is -1.95. The van der Waals surface area contributed by atoms with Crippen molar-refractivity contribution in [1.82, 2.24) is 0 Å². The van der Waals surface area contributed by atoms with E-state index in [1.54, 1.807) is 6.07 Å². The lowest BCUT2D eigenvalue weighted by Gasteiger charge is -2.07. The molecule has 0 N–H and O–H groups in total. The van der Waals surface area contributed by atoms with Crippen LogP contribution in [0.4, 0.5) is 0 Å². The molecule has 0 aliphatic rings. The minimum absolute atomic E-state index is 0.460. The molecule has 134 valence electrons. The molecule has 4 heteroatoms. The van der Waals surface area contributed by atoms with Gasteiger partial charge in [0, 0.05) is 12.8 Å². The van der Waals surface area contributed by atoms with Crippen molar-refractivity contribution in [3.63, 3.8) is 0 Å². The Kier molecular flexibility index (Phi) is 8.85. The summed E-state index contributed by atoms with van der Waals surface area (Å²) in [5, 5.41) is 1.10. The van der Waals surface area contributed by atoms with Crippen molar-refractivity contribution in [1.29, 1.82) is 0 Å². The van der Waals surface area contributed by atoms with Gasteiger partial charge in [-0.05, 0) is 53.9 Å². The molecular weight excluding hydrogens is 353 g/mol.